The van der Waals surface area contributed by atoms with Gasteiger partial charge in [-0.15, -0.1) is 11.3 Å². The molecule has 3 aromatic rings. The number of piperazine rings is 1. The zero-order chi connectivity index (χ0) is 19.8. The Morgan fingerprint density at radius 3 is 2.72 bits per heavy atom. The highest BCUT2D eigenvalue weighted by Gasteiger charge is 2.27. The second-order valence-electron chi connectivity index (χ2n) is 7.72. The Morgan fingerprint density at radius 2 is 1.97 bits per heavy atom. The lowest BCUT2D eigenvalue weighted by atomic mass is 9.96. The second kappa shape index (κ2) is 7.71. The third-order valence-electron chi connectivity index (χ3n) is 5.95. The summed E-state index contributed by atoms with van der Waals surface area (Å²) in [6, 6.07) is 3.94. The average Bonchev–Trinajstić information content (AvgIpc) is 3.17. The molecular weight excluding hydrogens is 382 g/mol. The van der Waals surface area contributed by atoms with Gasteiger partial charge in [0, 0.05) is 55.4 Å². The first-order chi connectivity index (χ1) is 14.2. The summed E-state index contributed by atoms with van der Waals surface area (Å²) in [5.41, 5.74) is 2.40. The number of pyridine rings is 1. The standard InChI is InChI=1S/C22H25N5OS/c1-2-18(28)26-10-12-27(13-11-26)21-19-16-7-3-4-8-17(16)29-22(19)25-20(24-21)15-6-5-9-23-14-15/h5-6,9,14H,2-4,7-8,10-13H2,1H3. The molecule has 3 aromatic heterocycles. The van der Waals surface area contributed by atoms with E-state index in [0.717, 1.165) is 61.1 Å². The van der Waals surface area contributed by atoms with Gasteiger partial charge in [-0.2, -0.15) is 0 Å². The maximum Gasteiger partial charge on any atom is 0.222 e. The SMILES string of the molecule is CCC(=O)N1CCN(c2nc(-c3cccnc3)nc3sc4c(c23)CCCC4)CC1. The van der Waals surface area contributed by atoms with Crippen LogP contribution in [-0.2, 0) is 17.6 Å². The van der Waals surface area contributed by atoms with Gasteiger partial charge in [-0.3, -0.25) is 9.78 Å². The Kier molecular flexibility index (Phi) is 4.91. The van der Waals surface area contributed by atoms with Crippen LogP contribution in [0.15, 0.2) is 24.5 Å². The number of hydrogen-bond acceptors (Lipinski definition) is 6. The van der Waals surface area contributed by atoms with Gasteiger partial charge >= 0.3 is 0 Å². The summed E-state index contributed by atoms with van der Waals surface area (Å²) in [4.78, 5) is 33.2. The van der Waals surface area contributed by atoms with Crippen LogP contribution in [0.5, 0.6) is 0 Å². The number of rotatable bonds is 3. The molecule has 0 bridgehead atoms. The first-order valence-corrected chi connectivity index (χ1v) is 11.3. The number of aryl methyl sites for hydroxylation is 2. The molecule has 1 aliphatic heterocycles. The number of carbonyl (C=O) groups is 1. The average molecular weight is 408 g/mol. The van der Waals surface area contributed by atoms with Gasteiger partial charge in [0.05, 0.1) is 5.39 Å². The van der Waals surface area contributed by atoms with Gasteiger partial charge in [0.2, 0.25) is 5.91 Å². The molecule has 1 fully saturated rings. The van der Waals surface area contributed by atoms with E-state index >= 15 is 0 Å². The van der Waals surface area contributed by atoms with Gasteiger partial charge < -0.3 is 9.80 Å². The summed E-state index contributed by atoms with van der Waals surface area (Å²) in [5, 5.41) is 1.24. The Labute approximate surface area is 174 Å². The van der Waals surface area contributed by atoms with Crippen molar-refractivity contribution in [3.05, 3.63) is 35.0 Å². The topological polar surface area (TPSA) is 62.2 Å². The van der Waals surface area contributed by atoms with E-state index in [1.807, 2.05) is 41.5 Å². The van der Waals surface area contributed by atoms with E-state index < -0.39 is 0 Å². The molecule has 6 nitrogen and oxygen atoms in total. The molecule has 0 spiro atoms. The molecule has 1 saturated heterocycles. The fourth-order valence-corrected chi connectivity index (χ4v) is 5.64. The van der Waals surface area contributed by atoms with Crippen LogP contribution in [0.2, 0.25) is 0 Å². The smallest absolute Gasteiger partial charge is 0.222 e. The molecule has 5 rings (SSSR count). The number of hydrogen-bond donors (Lipinski definition) is 0. The van der Waals surface area contributed by atoms with Crippen LogP contribution in [0.3, 0.4) is 0 Å². The zero-order valence-corrected chi connectivity index (χ0v) is 17.5. The molecule has 4 heterocycles. The molecule has 150 valence electrons. The molecular formula is C22H25N5OS. The lowest BCUT2D eigenvalue weighted by molar-refractivity contribution is -0.131. The van der Waals surface area contributed by atoms with Crippen LogP contribution in [0.4, 0.5) is 5.82 Å². The molecule has 7 heteroatoms. The van der Waals surface area contributed by atoms with Crippen LogP contribution in [0.25, 0.3) is 21.6 Å². The van der Waals surface area contributed by atoms with Crippen LogP contribution in [0, 0.1) is 0 Å². The number of carbonyl (C=O) groups excluding carboxylic acids is 1. The maximum absolute atomic E-state index is 12.1. The first-order valence-electron chi connectivity index (χ1n) is 10.5. The quantitative estimate of drug-likeness (QED) is 0.663. The second-order valence-corrected chi connectivity index (χ2v) is 8.81. The highest BCUT2D eigenvalue weighted by Crippen LogP contribution is 2.40. The van der Waals surface area contributed by atoms with E-state index in [4.69, 9.17) is 9.97 Å². The minimum Gasteiger partial charge on any atom is -0.352 e. The number of aromatic nitrogens is 3. The fraction of sp³-hybridized carbons (Fsp3) is 0.455. The monoisotopic (exact) mass is 407 g/mol. The van der Waals surface area contributed by atoms with Crippen LogP contribution in [0.1, 0.15) is 36.6 Å². The van der Waals surface area contributed by atoms with Crippen molar-refractivity contribution >= 4 is 33.3 Å². The minimum atomic E-state index is 0.237. The zero-order valence-electron chi connectivity index (χ0n) is 16.7. The molecule has 2 aliphatic rings. The highest BCUT2D eigenvalue weighted by molar-refractivity contribution is 7.19. The summed E-state index contributed by atoms with van der Waals surface area (Å²) in [7, 11) is 0. The molecule has 29 heavy (non-hydrogen) atoms. The predicted molar refractivity (Wildman–Crippen MR) is 116 cm³/mol. The lowest BCUT2D eigenvalue weighted by Gasteiger charge is -2.36. The van der Waals surface area contributed by atoms with Gasteiger partial charge in [0.1, 0.15) is 10.6 Å². The summed E-state index contributed by atoms with van der Waals surface area (Å²) >= 11 is 1.83. The van der Waals surface area contributed by atoms with Crippen molar-refractivity contribution in [2.24, 2.45) is 0 Å². The summed E-state index contributed by atoms with van der Waals surface area (Å²) in [6.07, 6.45) is 8.94. The van der Waals surface area contributed by atoms with Gasteiger partial charge in [-0.25, -0.2) is 9.97 Å². The largest absolute Gasteiger partial charge is 0.352 e. The number of thiophene rings is 1. The first kappa shape index (κ1) is 18.5. The molecule has 0 radical (unpaired) electrons. The van der Waals surface area contributed by atoms with Crippen molar-refractivity contribution in [1.82, 2.24) is 19.9 Å². The molecule has 0 N–H and O–H groups in total. The molecule has 0 saturated carbocycles. The van der Waals surface area contributed by atoms with Crippen LogP contribution >= 0.6 is 11.3 Å². The van der Waals surface area contributed by atoms with E-state index in [-0.39, 0.29) is 5.91 Å². The summed E-state index contributed by atoms with van der Waals surface area (Å²) in [6.45, 7) is 5.07. The summed E-state index contributed by atoms with van der Waals surface area (Å²) < 4.78 is 0. The normalized spacial score (nSPS) is 16.9. The number of fused-ring (bicyclic) bond motifs is 3. The molecule has 1 amide bonds. The van der Waals surface area contributed by atoms with Crippen molar-refractivity contribution in [3.63, 3.8) is 0 Å². The Balaban J connectivity index is 1.59. The third kappa shape index (κ3) is 3.37. The van der Waals surface area contributed by atoms with Crippen molar-refractivity contribution in [3.8, 4) is 11.4 Å². The number of amides is 1. The maximum atomic E-state index is 12.1. The number of nitrogens with zero attached hydrogens (tertiary/aromatic N) is 5. The third-order valence-corrected chi connectivity index (χ3v) is 7.14. The van der Waals surface area contributed by atoms with E-state index in [9.17, 15) is 4.79 Å². The Bertz CT molecular complexity index is 1040. The van der Waals surface area contributed by atoms with E-state index in [1.54, 1.807) is 6.20 Å². The van der Waals surface area contributed by atoms with Crippen molar-refractivity contribution in [2.75, 3.05) is 31.1 Å². The van der Waals surface area contributed by atoms with Gasteiger partial charge in [0.25, 0.3) is 0 Å². The van der Waals surface area contributed by atoms with Gasteiger partial charge in [-0.05, 0) is 43.4 Å². The van der Waals surface area contributed by atoms with Crippen LogP contribution in [-0.4, -0.2) is 51.9 Å². The van der Waals surface area contributed by atoms with Gasteiger partial charge in [-0.1, -0.05) is 6.92 Å². The summed E-state index contributed by atoms with van der Waals surface area (Å²) in [5.74, 6) is 2.02. The predicted octanol–water partition coefficient (Wildman–Crippen LogP) is 3.69. The molecule has 0 unspecified atom stereocenters. The Morgan fingerprint density at radius 1 is 1.14 bits per heavy atom. The lowest BCUT2D eigenvalue weighted by Crippen LogP contribution is -2.49. The van der Waals surface area contributed by atoms with E-state index in [0.29, 0.717) is 6.42 Å². The van der Waals surface area contributed by atoms with E-state index in [1.165, 1.54) is 28.7 Å². The van der Waals surface area contributed by atoms with Crippen molar-refractivity contribution in [1.29, 1.82) is 0 Å². The van der Waals surface area contributed by atoms with Gasteiger partial charge in [0.15, 0.2) is 5.82 Å². The van der Waals surface area contributed by atoms with Crippen molar-refractivity contribution < 1.29 is 4.79 Å². The fourth-order valence-electron chi connectivity index (χ4n) is 4.38. The minimum absolute atomic E-state index is 0.237. The molecule has 1 aliphatic carbocycles. The molecule has 0 aromatic carbocycles. The van der Waals surface area contributed by atoms with Crippen molar-refractivity contribution in [2.45, 2.75) is 39.0 Å². The van der Waals surface area contributed by atoms with E-state index in [2.05, 4.69) is 9.88 Å². The highest BCUT2D eigenvalue weighted by atomic mass is 32.1. The molecule has 0 atom stereocenters. The van der Waals surface area contributed by atoms with Crippen LogP contribution < -0.4 is 4.90 Å². The number of anilines is 1. The Hall–Kier alpha value is -2.54.